The van der Waals surface area contributed by atoms with Crippen LogP contribution in [0.5, 0.6) is 0 Å². The van der Waals surface area contributed by atoms with Crippen molar-refractivity contribution in [1.29, 1.82) is 0 Å². The van der Waals surface area contributed by atoms with Gasteiger partial charge < -0.3 is 10.1 Å². The molecular weight excluding hydrogens is 262 g/mol. The van der Waals surface area contributed by atoms with Crippen LogP contribution >= 0.6 is 0 Å². The molecule has 0 aromatic heterocycles. The number of hydrogen-bond donors (Lipinski definition) is 1. The molecule has 112 valence electrons. The SMILES string of the molecule is CNC(CCN1CCOC(C)C1)c1cc(F)cc(F)c1. The third-order valence-corrected chi connectivity index (χ3v) is 3.69. The lowest BCUT2D eigenvalue weighted by atomic mass is 10.0. The molecule has 0 aliphatic carbocycles. The van der Waals surface area contributed by atoms with Gasteiger partial charge in [-0.1, -0.05) is 0 Å². The summed E-state index contributed by atoms with van der Waals surface area (Å²) in [6.07, 6.45) is 1.06. The van der Waals surface area contributed by atoms with Crippen molar-refractivity contribution in [1.82, 2.24) is 10.2 Å². The van der Waals surface area contributed by atoms with Gasteiger partial charge in [0.2, 0.25) is 0 Å². The van der Waals surface area contributed by atoms with Crippen molar-refractivity contribution < 1.29 is 13.5 Å². The summed E-state index contributed by atoms with van der Waals surface area (Å²) in [5.74, 6) is -1.06. The Balaban J connectivity index is 1.94. The Morgan fingerprint density at radius 1 is 1.35 bits per heavy atom. The van der Waals surface area contributed by atoms with Crippen LogP contribution in [0.15, 0.2) is 18.2 Å². The molecule has 1 aromatic carbocycles. The number of nitrogens with one attached hydrogen (secondary N) is 1. The number of hydrogen-bond acceptors (Lipinski definition) is 3. The summed E-state index contributed by atoms with van der Waals surface area (Å²) in [5.41, 5.74) is 0.659. The van der Waals surface area contributed by atoms with E-state index < -0.39 is 11.6 Å². The molecular formula is C15H22F2N2O. The molecule has 2 rings (SSSR count). The number of morpholine rings is 1. The predicted molar refractivity (Wildman–Crippen MR) is 74.6 cm³/mol. The van der Waals surface area contributed by atoms with E-state index in [4.69, 9.17) is 4.74 Å². The molecule has 0 amide bonds. The number of nitrogens with zero attached hydrogens (tertiary/aromatic N) is 1. The van der Waals surface area contributed by atoms with Gasteiger partial charge in [0.15, 0.2) is 0 Å². The van der Waals surface area contributed by atoms with E-state index in [-0.39, 0.29) is 12.1 Å². The zero-order valence-electron chi connectivity index (χ0n) is 12.0. The highest BCUT2D eigenvalue weighted by molar-refractivity contribution is 5.21. The lowest BCUT2D eigenvalue weighted by molar-refractivity contribution is -0.0191. The first kappa shape index (κ1) is 15.4. The fraction of sp³-hybridized carbons (Fsp3) is 0.600. The molecule has 3 nitrogen and oxygen atoms in total. The van der Waals surface area contributed by atoms with Gasteiger partial charge in [0.1, 0.15) is 11.6 Å². The van der Waals surface area contributed by atoms with Crippen LogP contribution < -0.4 is 5.32 Å². The monoisotopic (exact) mass is 284 g/mol. The largest absolute Gasteiger partial charge is 0.376 e. The summed E-state index contributed by atoms with van der Waals surface area (Å²) >= 11 is 0. The highest BCUT2D eigenvalue weighted by Crippen LogP contribution is 2.20. The van der Waals surface area contributed by atoms with Crippen LogP contribution in [-0.4, -0.2) is 44.3 Å². The smallest absolute Gasteiger partial charge is 0.126 e. The standard InChI is InChI=1S/C15H22F2N2O/c1-11-10-19(5-6-20-11)4-3-15(18-2)12-7-13(16)9-14(17)8-12/h7-9,11,15,18H,3-6,10H2,1-2H3. The second-order valence-electron chi connectivity index (χ2n) is 5.31. The predicted octanol–water partition coefficient (Wildman–Crippen LogP) is 2.34. The lowest BCUT2D eigenvalue weighted by Gasteiger charge is -2.32. The van der Waals surface area contributed by atoms with Gasteiger partial charge in [-0.25, -0.2) is 8.78 Å². The van der Waals surface area contributed by atoms with E-state index in [0.717, 1.165) is 38.7 Å². The molecule has 1 N–H and O–H groups in total. The van der Waals surface area contributed by atoms with E-state index in [2.05, 4.69) is 17.1 Å². The molecule has 2 unspecified atom stereocenters. The molecule has 1 aromatic rings. The van der Waals surface area contributed by atoms with Crippen molar-refractivity contribution in [2.75, 3.05) is 33.3 Å². The van der Waals surface area contributed by atoms with E-state index in [9.17, 15) is 8.78 Å². The summed E-state index contributed by atoms with van der Waals surface area (Å²) in [6, 6.07) is 3.65. The highest BCUT2D eigenvalue weighted by atomic mass is 19.1. The first-order valence-electron chi connectivity index (χ1n) is 7.05. The summed E-state index contributed by atoms with van der Waals surface area (Å²) in [6.45, 7) is 5.52. The van der Waals surface area contributed by atoms with Gasteiger partial charge in [-0.05, 0) is 38.1 Å². The molecule has 1 heterocycles. The zero-order valence-corrected chi connectivity index (χ0v) is 12.0. The molecule has 5 heteroatoms. The van der Waals surface area contributed by atoms with Crippen LogP contribution in [0, 0.1) is 11.6 Å². The molecule has 0 bridgehead atoms. The van der Waals surface area contributed by atoms with Crippen molar-refractivity contribution in [3.05, 3.63) is 35.4 Å². The van der Waals surface area contributed by atoms with Crippen molar-refractivity contribution in [3.63, 3.8) is 0 Å². The van der Waals surface area contributed by atoms with Gasteiger partial charge in [-0.2, -0.15) is 0 Å². The van der Waals surface area contributed by atoms with Crippen LogP contribution in [0.3, 0.4) is 0 Å². The minimum Gasteiger partial charge on any atom is -0.376 e. The molecule has 2 atom stereocenters. The van der Waals surface area contributed by atoms with Gasteiger partial charge >= 0.3 is 0 Å². The quantitative estimate of drug-likeness (QED) is 0.898. The molecule has 1 aliphatic rings. The van der Waals surface area contributed by atoms with Gasteiger partial charge in [0.25, 0.3) is 0 Å². The van der Waals surface area contributed by atoms with Crippen LogP contribution in [-0.2, 0) is 4.74 Å². The summed E-state index contributed by atoms with van der Waals surface area (Å²) in [5, 5.41) is 3.13. The number of halogens is 2. The molecule has 0 saturated carbocycles. The molecule has 0 radical (unpaired) electrons. The van der Waals surface area contributed by atoms with Crippen LogP contribution in [0.25, 0.3) is 0 Å². The van der Waals surface area contributed by atoms with Crippen molar-refractivity contribution >= 4 is 0 Å². The topological polar surface area (TPSA) is 24.5 Å². The van der Waals surface area contributed by atoms with Gasteiger partial charge in [0.05, 0.1) is 12.7 Å². The minimum absolute atomic E-state index is 0.0432. The second-order valence-corrected chi connectivity index (χ2v) is 5.31. The maximum atomic E-state index is 13.3. The Kier molecular flexibility index (Phi) is 5.46. The number of benzene rings is 1. The van der Waals surface area contributed by atoms with Crippen LogP contribution in [0.4, 0.5) is 8.78 Å². The zero-order chi connectivity index (χ0) is 14.5. The Hall–Kier alpha value is -1.04. The molecule has 1 aliphatic heterocycles. The highest BCUT2D eigenvalue weighted by Gasteiger charge is 2.18. The van der Waals surface area contributed by atoms with Crippen molar-refractivity contribution in [2.24, 2.45) is 0 Å². The van der Waals surface area contributed by atoms with E-state index >= 15 is 0 Å². The molecule has 0 spiro atoms. The molecule has 20 heavy (non-hydrogen) atoms. The summed E-state index contributed by atoms with van der Waals surface area (Å²) < 4.78 is 32.1. The van der Waals surface area contributed by atoms with E-state index in [1.807, 2.05) is 7.05 Å². The molecule has 1 saturated heterocycles. The third-order valence-electron chi connectivity index (χ3n) is 3.69. The van der Waals surface area contributed by atoms with Crippen molar-refractivity contribution in [3.8, 4) is 0 Å². The van der Waals surface area contributed by atoms with Gasteiger partial charge in [0, 0.05) is 31.7 Å². The van der Waals surface area contributed by atoms with Gasteiger partial charge in [-0.3, -0.25) is 4.90 Å². The maximum absolute atomic E-state index is 13.3. The first-order chi connectivity index (χ1) is 9.58. The minimum atomic E-state index is -0.528. The summed E-state index contributed by atoms with van der Waals surface area (Å²) in [4.78, 5) is 2.33. The lowest BCUT2D eigenvalue weighted by Crippen LogP contribution is -2.42. The normalized spacial score (nSPS) is 21.9. The van der Waals surface area contributed by atoms with E-state index in [1.54, 1.807) is 0 Å². The summed E-state index contributed by atoms with van der Waals surface area (Å²) in [7, 11) is 1.81. The second kappa shape index (κ2) is 7.11. The Morgan fingerprint density at radius 2 is 2.05 bits per heavy atom. The first-order valence-corrected chi connectivity index (χ1v) is 7.05. The third kappa shape index (κ3) is 4.23. The van der Waals surface area contributed by atoms with Crippen LogP contribution in [0.2, 0.25) is 0 Å². The Morgan fingerprint density at radius 3 is 2.65 bits per heavy atom. The van der Waals surface area contributed by atoms with Crippen molar-refractivity contribution in [2.45, 2.75) is 25.5 Å². The van der Waals surface area contributed by atoms with E-state index in [1.165, 1.54) is 12.1 Å². The maximum Gasteiger partial charge on any atom is 0.126 e. The Labute approximate surface area is 118 Å². The fourth-order valence-corrected chi connectivity index (χ4v) is 2.66. The van der Waals surface area contributed by atoms with E-state index in [0.29, 0.717) is 5.56 Å². The average Bonchev–Trinajstić information content (AvgIpc) is 2.38. The van der Waals surface area contributed by atoms with Gasteiger partial charge in [-0.15, -0.1) is 0 Å². The average molecular weight is 284 g/mol. The number of ether oxygens (including phenoxy) is 1. The molecule has 1 fully saturated rings. The fourth-order valence-electron chi connectivity index (χ4n) is 2.66. The Bertz CT molecular complexity index is 422. The van der Waals surface area contributed by atoms with Crippen LogP contribution in [0.1, 0.15) is 24.9 Å². The number of rotatable bonds is 5.